The van der Waals surface area contributed by atoms with Crippen LogP contribution in [0.3, 0.4) is 0 Å². The zero-order valence-electron chi connectivity index (χ0n) is 20.0. The molecule has 2 aliphatic rings. The van der Waals surface area contributed by atoms with Crippen molar-refractivity contribution in [2.75, 3.05) is 53.2 Å². The Morgan fingerprint density at radius 3 is 2.62 bits per heavy atom. The molecule has 0 atom stereocenters. The Kier molecular flexibility index (Phi) is 6.04. The van der Waals surface area contributed by atoms with Gasteiger partial charge in [0.15, 0.2) is 0 Å². The summed E-state index contributed by atoms with van der Waals surface area (Å²) >= 11 is 0. The van der Waals surface area contributed by atoms with Crippen molar-refractivity contribution in [3.63, 3.8) is 0 Å². The van der Waals surface area contributed by atoms with Crippen molar-refractivity contribution >= 4 is 28.9 Å². The molecular weight excluding hydrogens is 426 g/mol. The maximum atomic E-state index is 13.0. The molecule has 176 valence electrons. The summed E-state index contributed by atoms with van der Waals surface area (Å²) in [6.45, 7) is 10.6. The first-order valence-electron chi connectivity index (χ1n) is 12.0. The highest BCUT2D eigenvalue weighted by atomic mass is 16.1. The van der Waals surface area contributed by atoms with Crippen molar-refractivity contribution in [1.82, 2.24) is 15.0 Å². The molecule has 1 aromatic carbocycles. The van der Waals surface area contributed by atoms with Crippen molar-refractivity contribution in [2.24, 2.45) is 0 Å². The number of amides is 1. The van der Waals surface area contributed by atoms with Gasteiger partial charge in [0.2, 0.25) is 0 Å². The number of rotatable bonds is 5. The number of piperazine rings is 1. The standard InChI is InChI=1S/C26H31N7O/c1-17(2)19-6-7-22(31-26(34)20-5-4-9-27-18(20)3)23(15-19)32-11-13-33(14-12-32)25-21-8-10-28-24(21)29-16-30-25/h4-7,9,15-17H,8,10-14H2,1-3H3,(H,31,34)(H,28,29,30). The molecule has 1 fully saturated rings. The van der Waals surface area contributed by atoms with Gasteiger partial charge < -0.3 is 20.4 Å². The monoisotopic (exact) mass is 457 g/mol. The fraction of sp³-hybridized carbons (Fsp3) is 0.385. The van der Waals surface area contributed by atoms with E-state index >= 15 is 0 Å². The lowest BCUT2D eigenvalue weighted by molar-refractivity contribution is 0.102. The van der Waals surface area contributed by atoms with Crippen LogP contribution >= 0.6 is 0 Å². The molecule has 1 amide bonds. The molecule has 0 aliphatic carbocycles. The fourth-order valence-corrected chi connectivity index (χ4v) is 4.71. The Hall–Kier alpha value is -3.68. The van der Waals surface area contributed by atoms with E-state index in [1.807, 2.05) is 19.1 Å². The van der Waals surface area contributed by atoms with E-state index in [9.17, 15) is 4.79 Å². The van der Waals surface area contributed by atoms with Crippen LogP contribution in [0.15, 0.2) is 42.9 Å². The van der Waals surface area contributed by atoms with Crippen molar-refractivity contribution in [2.45, 2.75) is 33.1 Å². The van der Waals surface area contributed by atoms with Crippen LogP contribution in [-0.4, -0.2) is 53.6 Å². The van der Waals surface area contributed by atoms with Gasteiger partial charge in [-0.05, 0) is 49.1 Å². The number of carbonyl (C=O) groups excluding carboxylic acids is 1. The van der Waals surface area contributed by atoms with Crippen molar-refractivity contribution in [3.8, 4) is 0 Å². The number of fused-ring (bicyclic) bond motifs is 1. The molecule has 0 bridgehead atoms. The van der Waals surface area contributed by atoms with Crippen LogP contribution < -0.4 is 20.4 Å². The number of benzene rings is 1. The number of hydrogen-bond acceptors (Lipinski definition) is 7. The summed E-state index contributed by atoms with van der Waals surface area (Å²) < 4.78 is 0. The zero-order valence-corrected chi connectivity index (χ0v) is 20.0. The van der Waals surface area contributed by atoms with Crippen LogP contribution in [0.1, 0.15) is 46.9 Å². The highest BCUT2D eigenvalue weighted by Crippen LogP contribution is 2.33. The first kappa shape index (κ1) is 22.1. The number of nitrogens with one attached hydrogen (secondary N) is 2. The Balaban J connectivity index is 1.38. The summed E-state index contributed by atoms with van der Waals surface area (Å²) in [5.41, 5.74) is 5.69. The lowest BCUT2D eigenvalue weighted by atomic mass is 10.0. The first-order valence-corrected chi connectivity index (χ1v) is 12.0. The zero-order chi connectivity index (χ0) is 23.7. The third-order valence-corrected chi connectivity index (χ3v) is 6.70. The minimum absolute atomic E-state index is 0.133. The minimum Gasteiger partial charge on any atom is -0.369 e. The van der Waals surface area contributed by atoms with E-state index in [0.717, 1.165) is 67.8 Å². The average Bonchev–Trinajstić information content (AvgIpc) is 3.34. The highest BCUT2D eigenvalue weighted by molar-refractivity contribution is 6.06. The molecule has 5 rings (SSSR count). The van der Waals surface area contributed by atoms with E-state index < -0.39 is 0 Å². The van der Waals surface area contributed by atoms with Gasteiger partial charge in [0, 0.05) is 50.2 Å². The van der Waals surface area contributed by atoms with Crippen LogP contribution in [0.4, 0.5) is 23.0 Å². The van der Waals surface area contributed by atoms with Gasteiger partial charge >= 0.3 is 0 Å². The van der Waals surface area contributed by atoms with Crippen LogP contribution in [0, 0.1) is 6.92 Å². The Bertz CT molecular complexity index is 1200. The molecule has 1 saturated heterocycles. The molecule has 3 aromatic rings. The molecule has 8 heteroatoms. The average molecular weight is 458 g/mol. The van der Waals surface area contributed by atoms with Crippen LogP contribution in [0.25, 0.3) is 0 Å². The van der Waals surface area contributed by atoms with Crippen LogP contribution in [0.5, 0.6) is 0 Å². The lowest BCUT2D eigenvalue weighted by Crippen LogP contribution is -2.47. The second-order valence-corrected chi connectivity index (χ2v) is 9.20. The second-order valence-electron chi connectivity index (χ2n) is 9.20. The van der Waals surface area contributed by atoms with Crippen molar-refractivity contribution in [3.05, 3.63) is 65.2 Å². The van der Waals surface area contributed by atoms with Crippen molar-refractivity contribution in [1.29, 1.82) is 0 Å². The molecule has 0 spiro atoms. The third kappa shape index (κ3) is 4.27. The van der Waals surface area contributed by atoms with Gasteiger partial charge in [-0.25, -0.2) is 9.97 Å². The third-order valence-electron chi connectivity index (χ3n) is 6.70. The number of carbonyl (C=O) groups is 1. The summed E-state index contributed by atoms with van der Waals surface area (Å²) in [7, 11) is 0. The molecule has 2 aromatic heterocycles. The van der Waals surface area contributed by atoms with Gasteiger partial charge in [-0.3, -0.25) is 9.78 Å². The largest absolute Gasteiger partial charge is 0.369 e. The topological polar surface area (TPSA) is 86.3 Å². The highest BCUT2D eigenvalue weighted by Gasteiger charge is 2.26. The van der Waals surface area contributed by atoms with Crippen molar-refractivity contribution < 1.29 is 4.79 Å². The molecule has 0 radical (unpaired) electrons. The van der Waals surface area contributed by atoms with Gasteiger partial charge in [-0.2, -0.15) is 0 Å². The number of hydrogen-bond donors (Lipinski definition) is 2. The van der Waals surface area contributed by atoms with E-state index in [-0.39, 0.29) is 5.91 Å². The predicted octanol–water partition coefficient (Wildman–Crippen LogP) is 3.85. The summed E-state index contributed by atoms with van der Waals surface area (Å²) in [5, 5.41) is 6.49. The van der Waals surface area contributed by atoms with Crippen LogP contribution in [0.2, 0.25) is 0 Å². The van der Waals surface area contributed by atoms with E-state index in [0.29, 0.717) is 11.5 Å². The number of anilines is 4. The van der Waals surface area contributed by atoms with Crippen LogP contribution in [-0.2, 0) is 6.42 Å². The summed E-state index contributed by atoms with van der Waals surface area (Å²) in [6.07, 6.45) is 4.32. The number of nitrogens with zero attached hydrogens (tertiary/aromatic N) is 5. The number of pyridine rings is 1. The maximum Gasteiger partial charge on any atom is 0.257 e. The molecule has 0 saturated carbocycles. The Morgan fingerprint density at radius 2 is 1.85 bits per heavy atom. The summed E-state index contributed by atoms with van der Waals surface area (Å²) in [6, 6.07) is 9.96. The first-order chi connectivity index (χ1) is 16.5. The lowest BCUT2D eigenvalue weighted by Gasteiger charge is -2.38. The molecule has 2 aliphatic heterocycles. The summed E-state index contributed by atoms with van der Waals surface area (Å²) in [4.78, 5) is 31.0. The van der Waals surface area contributed by atoms with Gasteiger partial charge in [-0.15, -0.1) is 0 Å². The molecule has 2 N–H and O–H groups in total. The van der Waals surface area contributed by atoms with Gasteiger partial charge in [0.1, 0.15) is 18.0 Å². The van der Waals surface area contributed by atoms with Gasteiger partial charge in [0.05, 0.1) is 16.9 Å². The normalized spacial score (nSPS) is 15.3. The number of aromatic nitrogens is 3. The molecule has 0 unspecified atom stereocenters. The summed E-state index contributed by atoms with van der Waals surface area (Å²) in [5.74, 6) is 2.28. The van der Waals surface area contributed by atoms with E-state index in [2.05, 4.69) is 61.4 Å². The quantitative estimate of drug-likeness (QED) is 0.602. The predicted molar refractivity (Wildman–Crippen MR) is 136 cm³/mol. The second kappa shape index (κ2) is 9.29. The molecular formula is C26H31N7O. The minimum atomic E-state index is -0.133. The Labute approximate surface area is 200 Å². The fourth-order valence-electron chi connectivity index (χ4n) is 4.71. The van der Waals surface area contributed by atoms with Gasteiger partial charge in [0.25, 0.3) is 5.91 Å². The molecule has 34 heavy (non-hydrogen) atoms. The Morgan fingerprint density at radius 1 is 1.06 bits per heavy atom. The van der Waals surface area contributed by atoms with E-state index in [1.165, 1.54) is 11.1 Å². The molecule has 4 heterocycles. The number of aryl methyl sites for hydroxylation is 1. The maximum absolute atomic E-state index is 13.0. The SMILES string of the molecule is Cc1ncccc1C(=O)Nc1ccc(C(C)C)cc1N1CCN(c2ncnc3c2CCN3)CC1. The smallest absolute Gasteiger partial charge is 0.257 e. The van der Waals surface area contributed by atoms with E-state index in [4.69, 9.17) is 0 Å². The molecule has 8 nitrogen and oxygen atoms in total. The van der Waals surface area contributed by atoms with E-state index in [1.54, 1.807) is 18.6 Å². The van der Waals surface area contributed by atoms with Gasteiger partial charge in [-0.1, -0.05) is 19.9 Å².